The number of anilines is 1. The third-order valence-corrected chi connectivity index (χ3v) is 5.66. The number of nitrogens with two attached hydrogens (primary N) is 1. The normalized spacial score (nSPS) is 13.6. The zero-order chi connectivity index (χ0) is 18.2. The quantitative estimate of drug-likeness (QED) is 0.572. The van der Waals surface area contributed by atoms with Crippen molar-refractivity contribution in [3.63, 3.8) is 0 Å². The molecule has 0 spiro atoms. The molecule has 2 aromatic carbocycles. The maximum absolute atomic E-state index is 6.56. The molecule has 3 heterocycles. The fraction of sp³-hybridized carbons (Fsp3) is 0.0952. The molecule has 1 aliphatic rings. The number of amidine groups is 1. The summed E-state index contributed by atoms with van der Waals surface area (Å²) in [5, 5.41) is 4.21. The first kappa shape index (κ1) is 16.0. The molecule has 0 radical (unpaired) electrons. The lowest BCUT2D eigenvalue weighted by atomic mass is 10.1. The number of nitrogens with one attached hydrogen (secondary N) is 1. The Kier molecular flexibility index (Phi) is 3.83. The molecule has 0 unspecified atom stereocenters. The van der Waals surface area contributed by atoms with Gasteiger partial charge in [0.05, 0.1) is 28.2 Å². The number of nitrogen functional groups attached to an aromatic ring is 1. The van der Waals surface area contributed by atoms with E-state index in [1.54, 1.807) is 11.3 Å². The number of rotatable bonds is 3. The predicted molar refractivity (Wildman–Crippen MR) is 112 cm³/mol. The van der Waals surface area contributed by atoms with Crippen LogP contribution in [0.3, 0.4) is 0 Å². The van der Waals surface area contributed by atoms with Crippen LogP contribution in [-0.2, 0) is 0 Å². The van der Waals surface area contributed by atoms with Crippen LogP contribution in [0.25, 0.3) is 32.9 Å². The number of hydrogen-bond acceptors (Lipinski definition) is 6. The topological polar surface area (TPSA) is 76.2 Å². The molecule has 3 N–H and O–H groups in total. The van der Waals surface area contributed by atoms with E-state index < -0.39 is 0 Å². The first-order valence-corrected chi connectivity index (χ1v) is 9.62. The summed E-state index contributed by atoms with van der Waals surface area (Å²) in [6.45, 7) is 1.62. The Labute approximate surface area is 160 Å². The molecule has 4 aromatic rings. The molecule has 1 aliphatic heterocycles. The number of aliphatic imine (C=N–C) groups is 1. The summed E-state index contributed by atoms with van der Waals surface area (Å²) in [6.07, 6.45) is 0. The van der Waals surface area contributed by atoms with Gasteiger partial charge in [-0.2, -0.15) is 0 Å². The minimum absolute atomic E-state index is 0.696. The van der Waals surface area contributed by atoms with Crippen LogP contribution >= 0.6 is 11.3 Å². The van der Waals surface area contributed by atoms with Crippen molar-refractivity contribution >= 4 is 33.1 Å². The Morgan fingerprint density at radius 1 is 0.889 bits per heavy atom. The van der Waals surface area contributed by atoms with E-state index >= 15 is 0 Å². The number of nitrogens with zero attached hydrogens (tertiary/aromatic N) is 3. The van der Waals surface area contributed by atoms with Crippen LogP contribution in [0.15, 0.2) is 65.7 Å². The first-order chi connectivity index (χ1) is 13.3. The summed E-state index contributed by atoms with van der Waals surface area (Å²) in [4.78, 5) is 16.1. The van der Waals surface area contributed by atoms with E-state index in [0.29, 0.717) is 11.5 Å². The molecular weight excluding hydrogens is 354 g/mol. The lowest BCUT2D eigenvalue weighted by molar-refractivity contribution is 0.961. The largest absolute Gasteiger partial charge is 0.397 e. The van der Waals surface area contributed by atoms with Gasteiger partial charge in [-0.15, -0.1) is 11.3 Å². The van der Waals surface area contributed by atoms with E-state index in [4.69, 9.17) is 15.7 Å². The molecule has 0 bridgehead atoms. The molecule has 0 saturated heterocycles. The van der Waals surface area contributed by atoms with Gasteiger partial charge < -0.3 is 11.1 Å². The van der Waals surface area contributed by atoms with Gasteiger partial charge in [0.15, 0.2) is 5.82 Å². The molecule has 0 aliphatic carbocycles. The minimum atomic E-state index is 0.696. The molecular formula is C21H17N5S. The maximum atomic E-state index is 6.56. The molecule has 0 amide bonds. The number of aromatic nitrogens is 2. The summed E-state index contributed by atoms with van der Waals surface area (Å²) < 4.78 is 0. The minimum Gasteiger partial charge on any atom is -0.397 e. The lowest BCUT2D eigenvalue weighted by Gasteiger charge is -2.07. The van der Waals surface area contributed by atoms with Gasteiger partial charge in [0, 0.05) is 17.7 Å². The highest BCUT2D eigenvalue weighted by molar-refractivity contribution is 7.21. The Morgan fingerprint density at radius 2 is 1.59 bits per heavy atom. The lowest BCUT2D eigenvalue weighted by Crippen LogP contribution is -2.19. The Balaban J connectivity index is 1.81. The van der Waals surface area contributed by atoms with Crippen LogP contribution in [0, 0.1) is 0 Å². The highest BCUT2D eigenvalue weighted by Gasteiger charge is 2.22. The number of hydrogen-bond donors (Lipinski definition) is 2. The van der Waals surface area contributed by atoms with E-state index in [2.05, 4.69) is 22.4 Å². The molecule has 0 saturated carbocycles. The average Bonchev–Trinajstić information content (AvgIpc) is 3.37. The second kappa shape index (κ2) is 6.48. The molecule has 5 rings (SSSR count). The summed E-state index contributed by atoms with van der Waals surface area (Å²) in [7, 11) is 0. The maximum Gasteiger partial charge on any atom is 0.161 e. The van der Waals surface area contributed by atoms with E-state index in [0.717, 1.165) is 50.8 Å². The van der Waals surface area contributed by atoms with Gasteiger partial charge in [-0.3, -0.25) is 4.99 Å². The molecule has 0 atom stereocenters. The summed E-state index contributed by atoms with van der Waals surface area (Å²) in [6, 6.07) is 20.2. The Morgan fingerprint density at radius 3 is 2.26 bits per heavy atom. The molecule has 5 nitrogen and oxygen atoms in total. The number of benzene rings is 2. The van der Waals surface area contributed by atoms with Crippen LogP contribution in [0.1, 0.15) is 4.88 Å². The van der Waals surface area contributed by atoms with E-state index in [9.17, 15) is 0 Å². The number of thiophene rings is 1. The van der Waals surface area contributed by atoms with Crippen molar-refractivity contribution in [2.75, 3.05) is 18.8 Å². The third-order valence-electron chi connectivity index (χ3n) is 4.56. The zero-order valence-electron chi connectivity index (χ0n) is 14.5. The standard InChI is InChI=1S/C21H17N5S/c22-16-15-17(13-7-3-1-4-8-13)25-19(14-9-5-2-6-10-14)26-21(15)27-18(16)20-23-11-12-24-20/h1-10H,11-12,22H2,(H,23,24). The van der Waals surface area contributed by atoms with Crippen molar-refractivity contribution in [1.29, 1.82) is 0 Å². The van der Waals surface area contributed by atoms with Crippen molar-refractivity contribution in [2.45, 2.75) is 0 Å². The average molecular weight is 371 g/mol. The second-order valence-corrected chi connectivity index (χ2v) is 7.31. The van der Waals surface area contributed by atoms with E-state index in [-0.39, 0.29) is 0 Å². The smallest absolute Gasteiger partial charge is 0.161 e. The summed E-state index contributed by atoms with van der Waals surface area (Å²) in [5.41, 5.74) is 10.1. The van der Waals surface area contributed by atoms with Crippen molar-refractivity contribution in [2.24, 2.45) is 4.99 Å². The van der Waals surface area contributed by atoms with Crippen molar-refractivity contribution in [3.05, 3.63) is 65.5 Å². The molecule has 6 heteroatoms. The monoisotopic (exact) mass is 371 g/mol. The van der Waals surface area contributed by atoms with Gasteiger partial charge in [-0.25, -0.2) is 9.97 Å². The van der Waals surface area contributed by atoms with Crippen LogP contribution in [0.2, 0.25) is 0 Å². The molecule has 0 fully saturated rings. The van der Waals surface area contributed by atoms with E-state index in [1.807, 2.05) is 48.5 Å². The first-order valence-electron chi connectivity index (χ1n) is 8.81. The van der Waals surface area contributed by atoms with Crippen molar-refractivity contribution in [1.82, 2.24) is 15.3 Å². The van der Waals surface area contributed by atoms with Gasteiger partial charge in [-0.05, 0) is 0 Å². The van der Waals surface area contributed by atoms with Crippen molar-refractivity contribution < 1.29 is 0 Å². The Hall–Kier alpha value is -3.25. The third kappa shape index (κ3) is 2.74. The molecule has 27 heavy (non-hydrogen) atoms. The van der Waals surface area contributed by atoms with Gasteiger partial charge in [0.1, 0.15) is 10.7 Å². The molecule has 132 valence electrons. The van der Waals surface area contributed by atoms with Gasteiger partial charge in [0.2, 0.25) is 0 Å². The van der Waals surface area contributed by atoms with Crippen LogP contribution < -0.4 is 11.1 Å². The predicted octanol–water partition coefficient (Wildman–Crippen LogP) is 3.96. The second-order valence-electron chi connectivity index (χ2n) is 6.31. The Bertz CT molecular complexity index is 1150. The van der Waals surface area contributed by atoms with Crippen LogP contribution in [0.5, 0.6) is 0 Å². The number of fused-ring (bicyclic) bond motifs is 1. The SMILES string of the molecule is Nc1c(C2=NCCN2)sc2nc(-c3ccccc3)nc(-c3ccccc3)c12. The van der Waals surface area contributed by atoms with Crippen LogP contribution in [-0.4, -0.2) is 28.9 Å². The van der Waals surface area contributed by atoms with E-state index in [1.165, 1.54) is 0 Å². The summed E-state index contributed by atoms with van der Waals surface area (Å²) >= 11 is 1.57. The van der Waals surface area contributed by atoms with Gasteiger partial charge in [0.25, 0.3) is 0 Å². The molecule has 2 aromatic heterocycles. The van der Waals surface area contributed by atoms with Crippen molar-refractivity contribution in [3.8, 4) is 22.6 Å². The highest BCUT2D eigenvalue weighted by atomic mass is 32.1. The van der Waals surface area contributed by atoms with Gasteiger partial charge >= 0.3 is 0 Å². The summed E-state index contributed by atoms with van der Waals surface area (Å²) in [5.74, 6) is 1.56. The fourth-order valence-corrected chi connectivity index (χ4v) is 4.35. The highest BCUT2D eigenvalue weighted by Crippen LogP contribution is 2.39. The van der Waals surface area contributed by atoms with Gasteiger partial charge in [-0.1, -0.05) is 60.7 Å². The zero-order valence-corrected chi connectivity index (χ0v) is 15.3. The van der Waals surface area contributed by atoms with Crippen LogP contribution in [0.4, 0.5) is 5.69 Å². The fourth-order valence-electron chi connectivity index (χ4n) is 3.27.